The van der Waals surface area contributed by atoms with Gasteiger partial charge in [0.1, 0.15) is 0 Å². The first kappa shape index (κ1) is 12.8. The molecule has 106 valence electrons. The third kappa shape index (κ3) is 2.83. The molecule has 0 amide bonds. The number of nitrogen functional groups attached to an aromatic ring is 1. The minimum Gasteiger partial charge on any atom is -0.379 e. The summed E-state index contributed by atoms with van der Waals surface area (Å²) >= 11 is 0. The van der Waals surface area contributed by atoms with Gasteiger partial charge in [0.25, 0.3) is 5.95 Å². The maximum atomic E-state index is 5.42. The zero-order chi connectivity index (χ0) is 13.8. The van der Waals surface area contributed by atoms with Gasteiger partial charge in [0.15, 0.2) is 0 Å². The summed E-state index contributed by atoms with van der Waals surface area (Å²) in [7, 11) is 0. The number of hydrogen-bond acceptors (Lipinski definition) is 8. The Hall–Kier alpha value is -2.26. The summed E-state index contributed by atoms with van der Waals surface area (Å²) in [4.78, 5) is 12.7. The Labute approximate surface area is 115 Å². The van der Waals surface area contributed by atoms with Gasteiger partial charge in [0.2, 0.25) is 11.9 Å². The van der Waals surface area contributed by atoms with Crippen molar-refractivity contribution in [3.63, 3.8) is 0 Å². The smallest absolute Gasteiger partial charge is 0.257 e. The largest absolute Gasteiger partial charge is 0.379 e. The highest BCUT2D eigenvalue weighted by atomic mass is 16.5. The lowest BCUT2D eigenvalue weighted by Crippen LogP contribution is -2.31. The number of aromatic nitrogens is 5. The van der Waals surface area contributed by atoms with Gasteiger partial charge in [-0.25, -0.2) is 10.5 Å². The van der Waals surface area contributed by atoms with E-state index in [-0.39, 0.29) is 12.0 Å². The van der Waals surface area contributed by atoms with Crippen molar-refractivity contribution in [1.82, 2.24) is 24.7 Å². The van der Waals surface area contributed by atoms with Crippen LogP contribution in [0, 0.1) is 0 Å². The van der Waals surface area contributed by atoms with E-state index < -0.39 is 0 Å². The average molecular weight is 276 g/mol. The number of nitrogens with two attached hydrogens (primary N) is 1. The molecule has 4 N–H and O–H groups in total. The molecular formula is C11H16N8O. The van der Waals surface area contributed by atoms with Crippen molar-refractivity contribution in [2.75, 3.05) is 24.0 Å². The number of nitrogens with zero attached hydrogens (tertiary/aromatic N) is 5. The zero-order valence-electron chi connectivity index (χ0n) is 10.9. The molecule has 2 aromatic heterocycles. The van der Waals surface area contributed by atoms with E-state index in [4.69, 9.17) is 10.6 Å². The van der Waals surface area contributed by atoms with E-state index in [2.05, 4.69) is 30.8 Å². The lowest BCUT2D eigenvalue weighted by Gasteiger charge is -2.23. The molecule has 0 aromatic carbocycles. The predicted octanol–water partition coefficient (Wildman–Crippen LogP) is -0.0662. The van der Waals surface area contributed by atoms with E-state index in [0.29, 0.717) is 18.5 Å². The molecule has 3 heterocycles. The summed E-state index contributed by atoms with van der Waals surface area (Å²) in [5, 5.41) is 7.33. The standard InChI is InChI=1S/C11H16N8O/c12-18-10-15-9(14-8-3-1-6-20-7-8)16-11(17-10)19-5-2-4-13-19/h2,4-5,8H,1,3,6-7,12H2,(H2,14,15,16,17,18). The molecule has 2 aromatic rings. The fourth-order valence-electron chi connectivity index (χ4n) is 2.02. The second-order valence-corrected chi connectivity index (χ2v) is 4.44. The summed E-state index contributed by atoms with van der Waals surface area (Å²) < 4.78 is 6.97. The van der Waals surface area contributed by atoms with Gasteiger partial charge in [0.05, 0.1) is 12.6 Å². The van der Waals surface area contributed by atoms with E-state index in [9.17, 15) is 0 Å². The number of anilines is 2. The van der Waals surface area contributed by atoms with Crippen molar-refractivity contribution in [3.05, 3.63) is 18.5 Å². The van der Waals surface area contributed by atoms with Crippen LogP contribution in [0.3, 0.4) is 0 Å². The van der Waals surface area contributed by atoms with Crippen molar-refractivity contribution in [1.29, 1.82) is 0 Å². The Morgan fingerprint density at radius 1 is 1.30 bits per heavy atom. The van der Waals surface area contributed by atoms with Gasteiger partial charge >= 0.3 is 0 Å². The molecule has 0 bridgehead atoms. The molecule has 3 rings (SSSR count). The second-order valence-electron chi connectivity index (χ2n) is 4.44. The number of rotatable bonds is 4. The van der Waals surface area contributed by atoms with Crippen LogP contribution in [0.25, 0.3) is 5.95 Å². The Kier molecular flexibility index (Phi) is 3.70. The van der Waals surface area contributed by atoms with Gasteiger partial charge in [-0.1, -0.05) is 0 Å². The molecule has 9 heteroatoms. The van der Waals surface area contributed by atoms with Crippen LogP contribution in [-0.4, -0.2) is 44.0 Å². The normalized spacial score (nSPS) is 18.8. The van der Waals surface area contributed by atoms with Crippen LogP contribution in [0.4, 0.5) is 11.9 Å². The maximum absolute atomic E-state index is 5.42. The number of hydrogen-bond donors (Lipinski definition) is 3. The summed E-state index contributed by atoms with van der Waals surface area (Å²) in [6.45, 7) is 1.46. The van der Waals surface area contributed by atoms with Crippen LogP contribution < -0.4 is 16.6 Å². The summed E-state index contributed by atoms with van der Waals surface area (Å²) in [5.74, 6) is 6.52. The van der Waals surface area contributed by atoms with Gasteiger partial charge in [-0.15, -0.1) is 0 Å². The molecule has 1 unspecified atom stereocenters. The van der Waals surface area contributed by atoms with Crippen LogP contribution >= 0.6 is 0 Å². The van der Waals surface area contributed by atoms with Crippen LogP contribution in [0.15, 0.2) is 18.5 Å². The van der Waals surface area contributed by atoms with Crippen molar-refractivity contribution >= 4 is 11.9 Å². The number of nitrogens with one attached hydrogen (secondary N) is 2. The Morgan fingerprint density at radius 2 is 2.20 bits per heavy atom. The van der Waals surface area contributed by atoms with E-state index in [1.807, 2.05) is 0 Å². The van der Waals surface area contributed by atoms with Crippen molar-refractivity contribution in [2.45, 2.75) is 18.9 Å². The number of hydrazine groups is 1. The fourth-order valence-corrected chi connectivity index (χ4v) is 2.02. The average Bonchev–Trinajstić information content (AvgIpc) is 3.02. The lowest BCUT2D eigenvalue weighted by molar-refractivity contribution is 0.0874. The van der Waals surface area contributed by atoms with Gasteiger partial charge in [-0.05, 0) is 18.9 Å². The van der Waals surface area contributed by atoms with Crippen LogP contribution in [-0.2, 0) is 4.74 Å². The summed E-state index contributed by atoms with van der Waals surface area (Å²) in [6, 6.07) is 1.99. The quantitative estimate of drug-likeness (QED) is 0.525. The van der Waals surface area contributed by atoms with Crippen LogP contribution in [0.2, 0.25) is 0 Å². The first-order valence-electron chi connectivity index (χ1n) is 6.42. The van der Waals surface area contributed by atoms with E-state index in [0.717, 1.165) is 19.4 Å². The monoisotopic (exact) mass is 276 g/mol. The Balaban J connectivity index is 1.84. The van der Waals surface area contributed by atoms with Gasteiger partial charge < -0.3 is 10.1 Å². The molecule has 1 aliphatic rings. The molecule has 0 saturated carbocycles. The molecule has 1 atom stereocenters. The van der Waals surface area contributed by atoms with Crippen molar-refractivity contribution in [3.8, 4) is 5.95 Å². The SMILES string of the molecule is NNc1nc(NC2CCCOC2)nc(-n2cccn2)n1. The third-order valence-electron chi connectivity index (χ3n) is 2.96. The fraction of sp³-hybridized carbons (Fsp3) is 0.455. The Morgan fingerprint density at radius 3 is 2.90 bits per heavy atom. The minimum atomic E-state index is 0.197. The van der Waals surface area contributed by atoms with Gasteiger partial charge in [0, 0.05) is 19.0 Å². The maximum Gasteiger partial charge on any atom is 0.257 e. The van der Waals surface area contributed by atoms with Crippen molar-refractivity contribution < 1.29 is 4.74 Å². The molecule has 0 aliphatic carbocycles. The van der Waals surface area contributed by atoms with E-state index in [1.54, 1.807) is 23.1 Å². The number of ether oxygens (including phenoxy) is 1. The predicted molar refractivity (Wildman–Crippen MR) is 72.2 cm³/mol. The molecule has 1 aliphatic heterocycles. The van der Waals surface area contributed by atoms with Gasteiger partial charge in [-0.2, -0.15) is 20.1 Å². The Bertz CT molecular complexity index is 552. The summed E-state index contributed by atoms with van der Waals surface area (Å²) in [6.07, 6.45) is 5.45. The highest BCUT2D eigenvalue weighted by molar-refractivity contribution is 5.37. The first-order chi connectivity index (χ1) is 9.85. The highest BCUT2D eigenvalue weighted by Crippen LogP contribution is 2.13. The lowest BCUT2D eigenvalue weighted by atomic mass is 10.1. The first-order valence-corrected chi connectivity index (χ1v) is 6.42. The molecule has 9 nitrogen and oxygen atoms in total. The molecule has 1 fully saturated rings. The molecular weight excluding hydrogens is 260 g/mol. The van der Waals surface area contributed by atoms with Crippen molar-refractivity contribution in [2.24, 2.45) is 5.84 Å². The third-order valence-corrected chi connectivity index (χ3v) is 2.96. The zero-order valence-corrected chi connectivity index (χ0v) is 10.9. The van der Waals surface area contributed by atoms with E-state index in [1.165, 1.54) is 0 Å². The molecule has 20 heavy (non-hydrogen) atoms. The van der Waals surface area contributed by atoms with Gasteiger partial charge in [-0.3, -0.25) is 5.43 Å². The molecule has 0 spiro atoms. The summed E-state index contributed by atoms with van der Waals surface area (Å²) in [5.41, 5.74) is 2.43. The minimum absolute atomic E-state index is 0.197. The van der Waals surface area contributed by atoms with E-state index >= 15 is 0 Å². The highest BCUT2D eigenvalue weighted by Gasteiger charge is 2.16. The topological polar surface area (TPSA) is 116 Å². The van der Waals surface area contributed by atoms with Crippen LogP contribution in [0.5, 0.6) is 0 Å². The molecule has 0 radical (unpaired) electrons. The second kappa shape index (κ2) is 5.80. The van der Waals surface area contributed by atoms with Crippen LogP contribution in [0.1, 0.15) is 12.8 Å². The molecule has 1 saturated heterocycles.